The van der Waals surface area contributed by atoms with Crippen LogP contribution in [0, 0.1) is 24.1 Å². The van der Waals surface area contributed by atoms with Gasteiger partial charge in [-0.15, -0.1) is 0 Å². The minimum absolute atomic E-state index is 0.237. The second-order valence-corrected chi connectivity index (χ2v) is 9.17. The number of nitrogens with one attached hydrogen (secondary N) is 2. The van der Waals surface area contributed by atoms with Gasteiger partial charge in [0.1, 0.15) is 17.6 Å². The summed E-state index contributed by atoms with van der Waals surface area (Å²) in [7, 11) is 1.70. The van der Waals surface area contributed by atoms with E-state index in [2.05, 4.69) is 26.6 Å². The largest absolute Gasteiger partial charge is 0.492 e. The Morgan fingerprint density at radius 3 is 2.74 bits per heavy atom. The number of aromatic nitrogens is 1. The van der Waals surface area contributed by atoms with E-state index < -0.39 is 0 Å². The van der Waals surface area contributed by atoms with Gasteiger partial charge in [-0.25, -0.2) is 4.39 Å². The summed E-state index contributed by atoms with van der Waals surface area (Å²) in [4.78, 5) is 19.8. The van der Waals surface area contributed by atoms with Crippen molar-refractivity contribution in [2.45, 2.75) is 26.7 Å². The van der Waals surface area contributed by atoms with Gasteiger partial charge in [-0.3, -0.25) is 9.78 Å². The topological polar surface area (TPSA) is 99.5 Å². The lowest BCUT2D eigenvalue weighted by molar-refractivity contribution is -0.112. The van der Waals surface area contributed by atoms with Crippen LogP contribution < -0.4 is 15.4 Å². The molecule has 9 heteroatoms. The van der Waals surface area contributed by atoms with Crippen LogP contribution in [0.25, 0.3) is 10.9 Å². The maximum absolute atomic E-state index is 13.8. The first kappa shape index (κ1) is 27.0. The first-order chi connectivity index (χ1) is 18.4. The van der Waals surface area contributed by atoms with Crippen molar-refractivity contribution in [2.75, 3.05) is 50.6 Å². The second-order valence-electron chi connectivity index (χ2n) is 9.17. The fourth-order valence-electron chi connectivity index (χ4n) is 4.46. The Kier molecular flexibility index (Phi) is 8.89. The van der Waals surface area contributed by atoms with Crippen LogP contribution in [0.2, 0.25) is 0 Å². The SMILES string of the molecule is CCOc1cc2ncc(C#N)c(Nc3ccc(F)c(C)c3)c2cc1NC(=O)C=C1CCN(CCOC)CC1. The molecule has 4 rings (SSSR count). The van der Waals surface area contributed by atoms with Gasteiger partial charge < -0.3 is 25.0 Å². The van der Waals surface area contributed by atoms with Crippen LogP contribution in [0.3, 0.4) is 0 Å². The molecule has 2 heterocycles. The van der Waals surface area contributed by atoms with Gasteiger partial charge in [0.15, 0.2) is 0 Å². The van der Waals surface area contributed by atoms with E-state index in [1.807, 2.05) is 6.92 Å². The predicted molar refractivity (Wildman–Crippen MR) is 146 cm³/mol. The van der Waals surface area contributed by atoms with E-state index in [0.29, 0.717) is 58.1 Å². The summed E-state index contributed by atoms with van der Waals surface area (Å²) in [5, 5.41) is 16.6. The summed E-state index contributed by atoms with van der Waals surface area (Å²) < 4.78 is 24.8. The van der Waals surface area contributed by atoms with Crippen molar-refractivity contribution < 1.29 is 18.7 Å². The first-order valence-electron chi connectivity index (χ1n) is 12.7. The van der Waals surface area contributed by atoms with Crippen LogP contribution in [0.1, 0.15) is 30.9 Å². The van der Waals surface area contributed by atoms with Gasteiger partial charge in [0, 0.05) is 56.2 Å². The summed E-state index contributed by atoms with van der Waals surface area (Å²) in [5.41, 5.74) is 4.12. The van der Waals surface area contributed by atoms with Gasteiger partial charge >= 0.3 is 0 Å². The highest BCUT2D eigenvalue weighted by molar-refractivity contribution is 6.05. The number of rotatable bonds is 9. The first-order valence-corrected chi connectivity index (χ1v) is 12.7. The van der Waals surface area contributed by atoms with Crippen LogP contribution in [0.4, 0.5) is 21.5 Å². The fraction of sp³-hybridized carbons (Fsp3) is 0.345. The van der Waals surface area contributed by atoms with Gasteiger partial charge in [-0.1, -0.05) is 5.57 Å². The molecule has 0 aliphatic carbocycles. The molecule has 0 saturated carbocycles. The Hall–Kier alpha value is -4.00. The third-order valence-corrected chi connectivity index (χ3v) is 6.52. The third-order valence-electron chi connectivity index (χ3n) is 6.52. The number of nitrogens with zero attached hydrogens (tertiary/aromatic N) is 3. The van der Waals surface area contributed by atoms with E-state index in [1.54, 1.807) is 44.4 Å². The number of halogens is 1. The van der Waals surface area contributed by atoms with Gasteiger partial charge in [0.05, 0.1) is 35.7 Å². The number of fused-ring (bicyclic) bond motifs is 1. The molecule has 38 heavy (non-hydrogen) atoms. The van der Waals surface area contributed by atoms with Crippen LogP contribution in [0.15, 0.2) is 48.2 Å². The number of ether oxygens (including phenoxy) is 2. The number of benzene rings is 2. The lowest BCUT2D eigenvalue weighted by Crippen LogP contribution is -2.33. The summed E-state index contributed by atoms with van der Waals surface area (Å²) in [6.07, 6.45) is 4.80. The average molecular weight is 518 g/mol. The maximum Gasteiger partial charge on any atom is 0.248 e. The van der Waals surface area contributed by atoms with Crippen molar-refractivity contribution in [2.24, 2.45) is 0 Å². The van der Waals surface area contributed by atoms with Crippen molar-refractivity contribution in [1.82, 2.24) is 9.88 Å². The summed E-state index contributed by atoms with van der Waals surface area (Å²) in [6, 6.07) is 10.3. The Labute approximate surface area is 222 Å². The monoisotopic (exact) mass is 517 g/mol. The van der Waals surface area contributed by atoms with Gasteiger partial charge in [0.25, 0.3) is 0 Å². The second kappa shape index (κ2) is 12.5. The highest BCUT2D eigenvalue weighted by atomic mass is 19.1. The zero-order valence-corrected chi connectivity index (χ0v) is 21.9. The summed E-state index contributed by atoms with van der Waals surface area (Å²) >= 11 is 0. The number of carbonyl (C=O) groups is 1. The highest BCUT2D eigenvalue weighted by Gasteiger charge is 2.17. The molecular formula is C29H32FN5O3. The molecule has 2 aromatic carbocycles. The average Bonchev–Trinajstić information content (AvgIpc) is 2.91. The van der Waals surface area contributed by atoms with E-state index in [4.69, 9.17) is 9.47 Å². The zero-order chi connectivity index (χ0) is 27.1. The third kappa shape index (κ3) is 6.46. The van der Waals surface area contributed by atoms with Crippen LogP contribution in [0.5, 0.6) is 5.75 Å². The molecule has 1 amide bonds. The molecule has 0 spiro atoms. The van der Waals surface area contributed by atoms with Crippen molar-refractivity contribution >= 4 is 33.9 Å². The van der Waals surface area contributed by atoms with E-state index in [0.717, 1.165) is 38.0 Å². The molecule has 0 atom stereocenters. The molecule has 8 nitrogen and oxygen atoms in total. The molecule has 1 saturated heterocycles. The van der Waals surface area contributed by atoms with Crippen molar-refractivity contribution in [3.05, 3.63) is 65.1 Å². The van der Waals surface area contributed by atoms with Crippen molar-refractivity contribution in [1.29, 1.82) is 5.26 Å². The van der Waals surface area contributed by atoms with Crippen molar-refractivity contribution in [3.8, 4) is 11.8 Å². The van der Waals surface area contributed by atoms with Crippen LogP contribution in [-0.4, -0.2) is 55.7 Å². The number of methoxy groups -OCH3 is 1. The lowest BCUT2D eigenvalue weighted by Gasteiger charge is -2.27. The fourth-order valence-corrected chi connectivity index (χ4v) is 4.46. The van der Waals surface area contributed by atoms with E-state index in [9.17, 15) is 14.4 Å². The quantitative estimate of drug-likeness (QED) is 0.372. The molecule has 0 unspecified atom stereocenters. The Balaban J connectivity index is 1.63. The lowest BCUT2D eigenvalue weighted by atomic mass is 10.0. The minimum Gasteiger partial charge on any atom is -0.492 e. The number of pyridine rings is 1. The highest BCUT2D eigenvalue weighted by Crippen LogP contribution is 2.36. The molecule has 0 radical (unpaired) electrons. The normalized spacial score (nSPS) is 13.7. The van der Waals surface area contributed by atoms with E-state index >= 15 is 0 Å². The molecule has 1 aromatic heterocycles. The van der Waals surface area contributed by atoms with Crippen molar-refractivity contribution in [3.63, 3.8) is 0 Å². The molecule has 198 valence electrons. The molecule has 1 aliphatic rings. The van der Waals surface area contributed by atoms with E-state index in [1.165, 1.54) is 12.3 Å². The van der Waals surface area contributed by atoms with Gasteiger partial charge in [-0.2, -0.15) is 5.26 Å². The smallest absolute Gasteiger partial charge is 0.248 e. The number of likely N-dealkylation sites (tertiary alicyclic amines) is 1. The molecular weight excluding hydrogens is 485 g/mol. The number of piperidine rings is 1. The number of carbonyl (C=O) groups excluding carboxylic acids is 1. The molecule has 1 aliphatic heterocycles. The van der Waals surface area contributed by atoms with Gasteiger partial charge in [-0.05, 0) is 56.5 Å². The number of hydrogen-bond donors (Lipinski definition) is 2. The molecule has 1 fully saturated rings. The van der Waals surface area contributed by atoms with Crippen LogP contribution >= 0.6 is 0 Å². The Morgan fingerprint density at radius 2 is 2.05 bits per heavy atom. The van der Waals surface area contributed by atoms with Gasteiger partial charge in [0.2, 0.25) is 5.91 Å². The summed E-state index contributed by atoms with van der Waals surface area (Å²) in [6.45, 7) is 7.32. The molecule has 3 aromatic rings. The predicted octanol–water partition coefficient (Wildman–Crippen LogP) is 5.30. The standard InChI is InChI=1S/C29H32FN5O3/c1-4-38-27-16-25-23(29(21(17-31)18-32-25)33-22-5-6-24(30)19(2)13-22)15-26(27)34-28(36)14-20-7-9-35(10-8-20)11-12-37-3/h5-6,13-16,18H,4,7-12H2,1-3H3,(H,32,33)(H,34,36). The number of anilines is 3. The Morgan fingerprint density at radius 1 is 1.26 bits per heavy atom. The summed E-state index contributed by atoms with van der Waals surface area (Å²) in [5.74, 6) is -0.0580. The Bertz CT molecular complexity index is 1390. The molecule has 2 N–H and O–H groups in total. The number of amides is 1. The number of nitriles is 1. The van der Waals surface area contributed by atoms with E-state index in [-0.39, 0.29) is 11.7 Å². The minimum atomic E-state index is -0.309. The zero-order valence-electron chi connectivity index (χ0n) is 21.9. The molecule has 0 bridgehead atoms. The maximum atomic E-state index is 13.8. The van der Waals surface area contributed by atoms with Crippen LogP contribution in [-0.2, 0) is 9.53 Å². The number of hydrogen-bond acceptors (Lipinski definition) is 7. The number of aryl methyl sites for hydroxylation is 1.